The van der Waals surface area contributed by atoms with Gasteiger partial charge in [-0.2, -0.15) is 0 Å². The molecule has 0 aliphatic heterocycles. The zero-order valence-electron chi connectivity index (χ0n) is 15.7. The Labute approximate surface area is 167 Å². The molecule has 0 fully saturated rings. The van der Waals surface area contributed by atoms with Crippen molar-refractivity contribution in [2.45, 2.75) is 19.0 Å². The Morgan fingerprint density at radius 2 is 2.00 bits per heavy atom. The number of hydrogen-bond donors (Lipinski definition) is 2. The van der Waals surface area contributed by atoms with Crippen LogP contribution in [0, 0.1) is 6.92 Å². The molecule has 0 bridgehead atoms. The number of aromatic nitrogens is 2. The number of nitrogens with one attached hydrogen (secondary N) is 2. The second-order valence-electron chi connectivity index (χ2n) is 6.11. The number of hydrogen-bond acceptors (Lipinski definition) is 5. The molecule has 28 heavy (non-hydrogen) atoms. The van der Waals surface area contributed by atoms with Crippen LogP contribution < -0.4 is 5.32 Å². The normalized spacial score (nSPS) is 11.1. The van der Waals surface area contributed by atoms with E-state index in [1.54, 1.807) is 25.1 Å². The number of thioether (sulfide) groups is 1. The maximum atomic E-state index is 12.2. The van der Waals surface area contributed by atoms with E-state index in [1.165, 1.54) is 17.8 Å². The Hall–Kier alpha value is -3.06. The minimum Gasteiger partial charge on any atom is -0.463 e. The maximum Gasteiger partial charge on any atom is 0.330 e. The van der Waals surface area contributed by atoms with E-state index >= 15 is 0 Å². The zero-order valence-corrected chi connectivity index (χ0v) is 16.5. The number of amides is 1. The van der Waals surface area contributed by atoms with Gasteiger partial charge in [-0.3, -0.25) is 4.79 Å². The second-order valence-corrected chi connectivity index (χ2v) is 7.07. The van der Waals surface area contributed by atoms with Gasteiger partial charge in [0.1, 0.15) is 0 Å². The van der Waals surface area contributed by atoms with Gasteiger partial charge in [0.15, 0.2) is 5.16 Å². The first kappa shape index (κ1) is 19.7. The summed E-state index contributed by atoms with van der Waals surface area (Å²) in [5.41, 5.74) is 4.55. The second kappa shape index (κ2) is 9.23. The van der Waals surface area contributed by atoms with Crippen LogP contribution in [0.15, 0.2) is 53.7 Å². The highest BCUT2D eigenvalue weighted by molar-refractivity contribution is 7.99. The summed E-state index contributed by atoms with van der Waals surface area (Å²) in [4.78, 5) is 31.2. The number of anilines is 1. The van der Waals surface area contributed by atoms with E-state index in [9.17, 15) is 9.59 Å². The molecule has 144 valence electrons. The van der Waals surface area contributed by atoms with Gasteiger partial charge in [-0.25, -0.2) is 9.78 Å². The van der Waals surface area contributed by atoms with Crippen molar-refractivity contribution >= 4 is 46.4 Å². The fraction of sp³-hybridized carbons (Fsp3) is 0.190. The molecule has 0 aliphatic carbocycles. The number of H-pyrrole nitrogens is 1. The van der Waals surface area contributed by atoms with Gasteiger partial charge in [0, 0.05) is 11.8 Å². The predicted molar refractivity (Wildman–Crippen MR) is 112 cm³/mol. The molecule has 3 aromatic rings. The molecule has 0 unspecified atom stereocenters. The summed E-state index contributed by atoms with van der Waals surface area (Å²) in [5.74, 6) is -0.238. The Morgan fingerprint density at radius 3 is 2.75 bits per heavy atom. The molecule has 2 N–H and O–H groups in total. The van der Waals surface area contributed by atoms with Crippen molar-refractivity contribution in [1.29, 1.82) is 0 Å². The van der Waals surface area contributed by atoms with Gasteiger partial charge in [-0.05, 0) is 55.3 Å². The fourth-order valence-electron chi connectivity index (χ4n) is 2.53. The molecule has 0 saturated heterocycles. The number of aryl methyl sites for hydroxylation is 1. The Bertz CT molecular complexity index is 1010. The summed E-state index contributed by atoms with van der Waals surface area (Å²) in [6.45, 7) is 4.13. The Morgan fingerprint density at radius 1 is 1.21 bits per heavy atom. The maximum absolute atomic E-state index is 12.2. The molecule has 6 nitrogen and oxygen atoms in total. The number of aromatic amines is 1. The van der Waals surface area contributed by atoms with E-state index in [0.29, 0.717) is 12.3 Å². The molecule has 1 heterocycles. The van der Waals surface area contributed by atoms with Gasteiger partial charge in [0.2, 0.25) is 5.91 Å². The minimum atomic E-state index is -0.377. The molecule has 0 atom stereocenters. The first-order valence-corrected chi connectivity index (χ1v) is 9.86. The summed E-state index contributed by atoms with van der Waals surface area (Å²) in [6.07, 6.45) is 3.05. The standard InChI is InChI=1S/C21H21N3O3S/c1-3-27-20(26)11-7-15-5-8-16(9-6-15)22-19(25)13-28-21-23-17-10-4-14(2)12-18(17)24-21/h4-12H,3,13H2,1-2H3,(H,22,25)(H,23,24)/b11-7+. The number of imidazole rings is 1. The van der Waals surface area contributed by atoms with Crippen molar-refractivity contribution in [3.8, 4) is 0 Å². The van der Waals surface area contributed by atoms with Gasteiger partial charge in [0.25, 0.3) is 0 Å². The number of ether oxygens (including phenoxy) is 1. The average Bonchev–Trinajstić information content (AvgIpc) is 3.08. The van der Waals surface area contributed by atoms with E-state index in [0.717, 1.165) is 27.3 Å². The lowest BCUT2D eigenvalue weighted by Gasteiger charge is -2.04. The third kappa shape index (κ3) is 5.47. The summed E-state index contributed by atoms with van der Waals surface area (Å²) < 4.78 is 4.84. The van der Waals surface area contributed by atoms with Crippen molar-refractivity contribution in [3.63, 3.8) is 0 Å². The molecule has 3 rings (SSSR count). The van der Waals surface area contributed by atoms with E-state index in [2.05, 4.69) is 15.3 Å². The number of rotatable bonds is 7. The van der Waals surface area contributed by atoms with E-state index in [-0.39, 0.29) is 17.6 Å². The van der Waals surface area contributed by atoms with Gasteiger partial charge < -0.3 is 15.0 Å². The van der Waals surface area contributed by atoms with Crippen molar-refractivity contribution in [3.05, 3.63) is 59.7 Å². The molecule has 0 spiro atoms. The van der Waals surface area contributed by atoms with Crippen molar-refractivity contribution in [2.24, 2.45) is 0 Å². The summed E-state index contributed by atoms with van der Waals surface area (Å²) in [5, 5.41) is 3.57. The number of carbonyl (C=O) groups is 2. The van der Waals surface area contributed by atoms with Gasteiger partial charge in [0.05, 0.1) is 23.4 Å². The van der Waals surface area contributed by atoms with Crippen molar-refractivity contribution in [2.75, 3.05) is 17.7 Å². The molecule has 1 aromatic heterocycles. The van der Waals surface area contributed by atoms with Crippen molar-refractivity contribution in [1.82, 2.24) is 9.97 Å². The fourth-order valence-corrected chi connectivity index (χ4v) is 3.22. The van der Waals surface area contributed by atoms with Gasteiger partial charge in [-0.1, -0.05) is 30.0 Å². The number of esters is 1. The summed E-state index contributed by atoms with van der Waals surface area (Å²) in [7, 11) is 0. The van der Waals surface area contributed by atoms with Crippen LogP contribution in [0.1, 0.15) is 18.1 Å². The molecule has 0 radical (unpaired) electrons. The smallest absolute Gasteiger partial charge is 0.330 e. The number of carbonyl (C=O) groups excluding carboxylic acids is 2. The SMILES string of the molecule is CCOC(=O)/C=C/c1ccc(NC(=O)CSc2nc3ccc(C)cc3[nH]2)cc1. The summed E-state index contributed by atoms with van der Waals surface area (Å²) >= 11 is 1.36. The molecule has 1 amide bonds. The van der Waals surface area contributed by atoms with Crippen LogP contribution in [0.4, 0.5) is 5.69 Å². The number of nitrogens with zero attached hydrogens (tertiary/aromatic N) is 1. The summed E-state index contributed by atoms with van der Waals surface area (Å²) in [6, 6.07) is 13.2. The monoisotopic (exact) mass is 395 g/mol. The zero-order chi connectivity index (χ0) is 19.9. The van der Waals surface area contributed by atoms with Crippen LogP contribution in [0.2, 0.25) is 0 Å². The quantitative estimate of drug-likeness (QED) is 0.356. The molecule has 7 heteroatoms. The lowest BCUT2D eigenvalue weighted by molar-refractivity contribution is -0.137. The van der Waals surface area contributed by atoms with E-state index in [1.807, 2.05) is 37.3 Å². The van der Waals surface area contributed by atoms with Crippen molar-refractivity contribution < 1.29 is 14.3 Å². The lowest BCUT2D eigenvalue weighted by atomic mass is 10.2. The van der Waals surface area contributed by atoms with Crippen LogP contribution >= 0.6 is 11.8 Å². The van der Waals surface area contributed by atoms with E-state index < -0.39 is 0 Å². The van der Waals surface area contributed by atoms with Crippen LogP contribution in [0.5, 0.6) is 0 Å². The highest BCUT2D eigenvalue weighted by Crippen LogP contribution is 2.20. The highest BCUT2D eigenvalue weighted by Gasteiger charge is 2.08. The van der Waals surface area contributed by atoms with Crippen LogP contribution in [0.25, 0.3) is 17.1 Å². The van der Waals surface area contributed by atoms with Gasteiger partial charge in [-0.15, -0.1) is 0 Å². The largest absolute Gasteiger partial charge is 0.463 e. The average molecular weight is 395 g/mol. The first-order chi connectivity index (χ1) is 13.5. The molecule has 2 aromatic carbocycles. The molecule has 0 saturated carbocycles. The Kier molecular flexibility index (Phi) is 6.49. The predicted octanol–water partition coefficient (Wildman–Crippen LogP) is 4.18. The van der Waals surface area contributed by atoms with Crippen LogP contribution in [-0.4, -0.2) is 34.2 Å². The first-order valence-electron chi connectivity index (χ1n) is 8.87. The van der Waals surface area contributed by atoms with Crippen LogP contribution in [-0.2, 0) is 14.3 Å². The number of benzene rings is 2. The molecular weight excluding hydrogens is 374 g/mol. The number of fused-ring (bicyclic) bond motifs is 1. The van der Waals surface area contributed by atoms with Gasteiger partial charge >= 0.3 is 5.97 Å². The third-order valence-electron chi connectivity index (χ3n) is 3.85. The Balaban J connectivity index is 1.52. The van der Waals surface area contributed by atoms with Crippen LogP contribution in [0.3, 0.4) is 0 Å². The minimum absolute atomic E-state index is 0.114. The third-order valence-corrected chi connectivity index (χ3v) is 4.72. The highest BCUT2D eigenvalue weighted by atomic mass is 32.2. The molecular formula is C21H21N3O3S. The van der Waals surface area contributed by atoms with E-state index in [4.69, 9.17) is 4.74 Å². The molecule has 0 aliphatic rings. The lowest BCUT2D eigenvalue weighted by Crippen LogP contribution is -2.14. The topological polar surface area (TPSA) is 84.1 Å².